The lowest BCUT2D eigenvalue weighted by molar-refractivity contribution is -0.0903. The molecule has 3 atom stereocenters. The molecule has 2 rings (SSSR count). The van der Waals surface area contributed by atoms with Crippen molar-refractivity contribution in [2.24, 2.45) is 0 Å². The Morgan fingerprint density at radius 3 is 3.12 bits per heavy atom. The average Bonchev–Trinajstić information content (AvgIpc) is 2.75. The van der Waals surface area contributed by atoms with Crippen molar-refractivity contribution in [1.29, 1.82) is 0 Å². The molecular formula is C12H23NO4. The van der Waals surface area contributed by atoms with Crippen LogP contribution in [0.3, 0.4) is 0 Å². The van der Waals surface area contributed by atoms with Gasteiger partial charge in [-0.25, -0.2) is 0 Å². The van der Waals surface area contributed by atoms with Crippen LogP contribution in [0.25, 0.3) is 0 Å². The smallest absolute Gasteiger partial charge is 0.0951 e. The molecule has 0 bridgehead atoms. The SMILES string of the molecule is COCC(O)CNC1CCOC2(CCOC2)C1. The molecule has 0 aromatic rings. The van der Waals surface area contributed by atoms with Crippen LogP contribution in [0.2, 0.25) is 0 Å². The topological polar surface area (TPSA) is 60.0 Å². The van der Waals surface area contributed by atoms with E-state index >= 15 is 0 Å². The van der Waals surface area contributed by atoms with Crippen LogP contribution in [0.15, 0.2) is 0 Å². The van der Waals surface area contributed by atoms with Crippen LogP contribution >= 0.6 is 0 Å². The predicted molar refractivity (Wildman–Crippen MR) is 63.0 cm³/mol. The van der Waals surface area contributed by atoms with Crippen molar-refractivity contribution < 1.29 is 19.3 Å². The molecule has 2 aliphatic heterocycles. The van der Waals surface area contributed by atoms with E-state index in [2.05, 4.69) is 5.32 Å². The minimum absolute atomic E-state index is 0.0673. The van der Waals surface area contributed by atoms with Gasteiger partial charge in [0.15, 0.2) is 0 Å². The fourth-order valence-corrected chi connectivity index (χ4v) is 2.62. The molecule has 2 saturated heterocycles. The molecule has 2 fully saturated rings. The molecule has 5 heteroatoms. The zero-order chi connectivity index (χ0) is 12.1. The van der Waals surface area contributed by atoms with Crippen molar-refractivity contribution in [1.82, 2.24) is 5.32 Å². The number of aliphatic hydroxyl groups is 1. The molecule has 0 radical (unpaired) electrons. The third-order valence-electron chi connectivity index (χ3n) is 3.56. The Bertz CT molecular complexity index is 231. The minimum Gasteiger partial charge on any atom is -0.389 e. The molecule has 2 heterocycles. The fourth-order valence-electron chi connectivity index (χ4n) is 2.62. The Morgan fingerprint density at radius 1 is 1.53 bits per heavy atom. The van der Waals surface area contributed by atoms with Gasteiger partial charge in [0.1, 0.15) is 0 Å². The molecule has 2 N–H and O–H groups in total. The van der Waals surface area contributed by atoms with Gasteiger partial charge in [-0.1, -0.05) is 0 Å². The van der Waals surface area contributed by atoms with E-state index < -0.39 is 6.10 Å². The van der Waals surface area contributed by atoms with Crippen molar-refractivity contribution in [2.45, 2.75) is 37.0 Å². The third-order valence-corrected chi connectivity index (χ3v) is 3.56. The monoisotopic (exact) mass is 245 g/mol. The maximum absolute atomic E-state index is 9.59. The summed E-state index contributed by atoms with van der Waals surface area (Å²) < 4.78 is 16.2. The van der Waals surface area contributed by atoms with Gasteiger partial charge in [-0.3, -0.25) is 0 Å². The normalized spacial score (nSPS) is 35.3. The predicted octanol–water partition coefficient (Wildman–Crippen LogP) is -0.0786. The molecule has 100 valence electrons. The molecule has 0 amide bonds. The average molecular weight is 245 g/mol. The van der Waals surface area contributed by atoms with E-state index in [1.807, 2.05) is 0 Å². The second kappa shape index (κ2) is 6.11. The lowest BCUT2D eigenvalue weighted by Gasteiger charge is -2.37. The quantitative estimate of drug-likeness (QED) is 0.709. The molecule has 0 saturated carbocycles. The van der Waals surface area contributed by atoms with Crippen LogP contribution in [-0.4, -0.2) is 62.9 Å². The minimum atomic E-state index is -0.432. The fraction of sp³-hybridized carbons (Fsp3) is 1.00. The second-order valence-electron chi connectivity index (χ2n) is 5.04. The van der Waals surface area contributed by atoms with E-state index in [4.69, 9.17) is 14.2 Å². The van der Waals surface area contributed by atoms with Crippen LogP contribution in [0.4, 0.5) is 0 Å². The summed E-state index contributed by atoms with van der Waals surface area (Å²) in [5, 5.41) is 13.0. The van der Waals surface area contributed by atoms with Gasteiger partial charge in [0.2, 0.25) is 0 Å². The Kier molecular flexibility index (Phi) is 4.76. The van der Waals surface area contributed by atoms with Gasteiger partial charge in [0.05, 0.1) is 24.9 Å². The number of nitrogens with one attached hydrogen (secondary N) is 1. The molecular weight excluding hydrogens is 222 g/mol. The van der Waals surface area contributed by atoms with Gasteiger partial charge >= 0.3 is 0 Å². The number of hydrogen-bond acceptors (Lipinski definition) is 5. The highest BCUT2D eigenvalue weighted by Crippen LogP contribution is 2.32. The van der Waals surface area contributed by atoms with E-state index in [-0.39, 0.29) is 5.60 Å². The molecule has 0 aromatic carbocycles. The first kappa shape index (κ1) is 13.2. The van der Waals surface area contributed by atoms with E-state index in [1.165, 1.54) is 0 Å². The van der Waals surface area contributed by atoms with E-state index in [9.17, 15) is 5.11 Å². The molecule has 17 heavy (non-hydrogen) atoms. The van der Waals surface area contributed by atoms with E-state index in [0.29, 0.717) is 25.8 Å². The van der Waals surface area contributed by atoms with Crippen molar-refractivity contribution in [3.8, 4) is 0 Å². The summed E-state index contributed by atoms with van der Waals surface area (Å²) in [6.07, 6.45) is 2.54. The lowest BCUT2D eigenvalue weighted by atomic mass is 9.89. The van der Waals surface area contributed by atoms with Crippen LogP contribution in [0.5, 0.6) is 0 Å². The maximum atomic E-state index is 9.59. The molecule has 3 unspecified atom stereocenters. The zero-order valence-electron chi connectivity index (χ0n) is 10.5. The van der Waals surface area contributed by atoms with Crippen LogP contribution in [-0.2, 0) is 14.2 Å². The number of hydrogen-bond donors (Lipinski definition) is 2. The summed E-state index contributed by atoms with van der Waals surface area (Å²) in [5.74, 6) is 0. The Labute approximate surface area is 102 Å². The highest BCUT2D eigenvalue weighted by Gasteiger charge is 2.40. The lowest BCUT2D eigenvalue weighted by Crippen LogP contribution is -2.49. The van der Waals surface area contributed by atoms with Gasteiger partial charge in [-0.2, -0.15) is 0 Å². The summed E-state index contributed by atoms with van der Waals surface area (Å²) >= 11 is 0. The number of rotatable bonds is 5. The van der Waals surface area contributed by atoms with Gasteiger partial charge in [-0.05, 0) is 12.8 Å². The van der Waals surface area contributed by atoms with Crippen LogP contribution in [0.1, 0.15) is 19.3 Å². The second-order valence-corrected chi connectivity index (χ2v) is 5.04. The third kappa shape index (κ3) is 3.63. The number of ether oxygens (including phenoxy) is 3. The van der Waals surface area contributed by atoms with Crippen LogP contribution in [0, 0.1) is 0 Å². The summed E-state index contributed by atoms with van der Waals surface area (Å²) in [4.78, 5) is 0. The van der Waals surface area contributed by atoms with Crippen molar-refractivity contribution >= 4 is 0 Å². The molecule has 0 aromatic heterocycles. The summed E-state index contributed by atoms with van der Waals surface area (Å²) in [7, 11) is 1.60. The first-order chi connectivity index (χ1) is 8.24. The van der Waals surface area contributed by atoms with Crippen molar-refractivity contribution in [2.75, 3.05) is 40.1 Å². The van der Waals surface area contributed by atoms with E-state index in [1.54, 1.807) is 7.11 Å². The molecule has 1 spiro atoms. The first-order valence-corrected chi connectivity index (χ1v) is 6.36. The standard InChI is InChI=1S/C12H23NO4/c1-15-8-11(14)7-13-10-2-4-17-12(6-10)3-5-16-9-12/h10-11,13-14H,2-9H2,1H3. The molecule has 2 aliphatic rings. The van der Waals surface area contributed by atoms with Gasteiger partial charge in [0.25, 0.3) is 0 Å². The summed E-state index contributed by atoms with van der Waals surface area (Å²) in [6.45, 7) is 3.26. The van der Waals surface area contributed by atoms with Crippen molar-refractivity contribution in [3.05, 3.63) is 0 Å². The number of aliphatic hydroxyl groups excluding tert-OH is 1. The largest absolute Gasteiger partial charge is 0.389 e. The molecule has 5 nitrogen and oxygen atoms in total. The highest BCUT2D eigenvalue weighted by molar-refractivity contribution is 4.92. The maximum Gasteiger partial charge on any atom is 0.0951 e. The van der Waals surface area contributed by atoms with Crippen LogP contribution < -0.4 is 5.32 Å². The first-order valence-electron chi connectivity index (χ1n) is 6.36. The van der Waals surface area contributed by atoms with Crippen molar-refractivity contribution in [3.63, 3.8) is 0 Å². The zero-order valence-corrected chi connectivity index (χ0v) is 10.5. The Morgan fingerprint density at radius 2 is 2.41 bits per heavy atom. The van der Waals surface area contributed by atoms with Gasteiger partial charge in [0, 0.05) is 39.3 Å². The Balaban J connectivity index is 1.74. The van der Waals surface area contributed by atoms with Gasteiger partial charge in [-0.15, -0.1) is 0 Å². The van der Waals surface area contributed by atoms with E-state index in [0.717, 1.165) is 32.5 Å². The summed E-state index contributed by atoms with van der Waals surface area (Å²) in [5.41, 5.74) is -0.0673. The summed E-state index contributed by atoms with van der Waals surface area (Å²) in [6, 6.07) is 0.414. The van der Waals surface area contributed by atoms with Gasteiger partial charge < -0.3 is 24.6 Å². The Hall–Kier alpha value is -0.200. The molecule has 0 aliphatic carbocycles. The highest BCUT2D eigenvalue weighted by atomic mass is 16.6. The number of methoxy groups -OCH3 is 1.